The van der Waals surface area contributed by atoms with E-state index in [2.05, 4.69) is 24.0 Å². The van der Waals surface area contributed by atoms with E-state index in [0.717, 1.165) is 25.4 Å². The SMILES string of the molecule is COCC1CCCN(Cc2ccc(N)c(C)c2)C1. The monoisotopic (exact) mass is 248 g/mol. The molecule has 1 aliphatic rings. The van der Waals surface area contributed by atoms with E-state index >= 15 is 0 Å². The van der Waals surface area contributed by atoms with Gasteiger partial charge in [-0.05, 0) is 49.4 Å². The van der Waals surface area contributed by atoms with E-state index < -0.39 is 0 Å². The molecule has 3 nitrogen and oxygen atoms in total. The molecule has 0 amide bonds. The molecule has 3 heteroatoms. The number of hydrogen-bond acceptors (Lipinski definition) is 3. The molecule has 0 aromatic heterocycles. The van der Waals surface area contributed by atoms with Gasteiger partial charge in [0, 0.05) is 25.9 Å². The highest BCUT2D eigenvalue weighted by Gasteiger charge is 2.19. The van der Waals surface area contributed by atoms with Gasteiger partial charge in [0.2, 0.25) is 0 Å². The minimum atomic E-state index is 0.693. The third-order valence-corrected chi connectivity index (χ3v) is 3.75. The summed E-state index contributed by atoms with van der Waals surface area (Å²) in [5.41, 5.74) is 9.28. The van der Waals surface area contributed by atoms with Gasteiger partial charge >= 0.3 is 0 Å². The maximum absolute atomic E-state index is 5.85. The summed E-state index contributed by atoms with van der Waals surface area (Å²) < 4.78 is 5.27. The Bertz CT molecular complexity index is 390. The molecule has 0 bridgehead atoms. The van der Waals surface area contributed by atoms with Crippen LogP contribution in [0.1, 0.15) is 24.0 Å². The van der Waals surface area contributed by atoms with Gasteiger partial charge in [-0.1, -0.05) is 12.1 Å². The molecule has 2 rings (SSSR count). The summed E-state index contributed by atoms with van der Waals surface area (Å²) in [6.07, 6.45) is 2.58. The lowest BCUT2D eigenvalue weighted by Crippen LogP contribution is -2.36. The smallest absolute Gasteiger partial charge is 0.0502 e. The maximum atomic E-state index is 5.85. The number of aryl methyl sites for hydroxylation is 1. The molecule has 1 heterocycles. The first-order chi connectivity index (χ1) is 8.69. The molecule has 1 atom stereocenters. The number of ether oxygens (including phenoxy) is 1. The first-order valence-electron chi connectivity index (χ1n) is 6.75. The van der Waals surface area contributed by atoms with Crippen LogP contribution in [-0.4, -0.2) is 31.7 Å². The summed E-state index contributed by atoms with van der Waals surface area (Å²) in [6, 6.07) is 6.36. The van der Waals surface area contributed by atoms with Crippen LogP contribution in [0.25, 0.3) is 0 Å². The number of benzene rings is 1. The highest BCUT2D eigenvalue weighted by molar-refractivity contribution is 5.47. The molecule has 0 radical (unpaired) electrons. The van der Waals surface area contributed by atoms with Crippen molar-refractivity contribution in [3.63, 3.8) is 0 Å². The van der Waals surface area contributed by atoms with E-state index in [1.807, 2.05) is 6.07 Å². The second-order valence-corrected chi connectivity index (χ2v) is 5.39. The number of nitrogen functional groups attached to an aromatic ring is 1. The maximum Gasteiger partial charge on any atom is 0.0502 e. The van der Waals surface area contributed by atoms with Crippen LogP contribution in [0.5, 0.6) is 0 Å². The number of rotatable bonds is 4. The lowest BCUT2D eigenvalue weighted by Gasteiger charge is -2.32. The number of piperidine rings is 1. The Balaban J connectivity index is 1.93. The summed E-state index contributed by atoms with van der Waals surface area (Å²) in [6.45, 7) is 6.34. The number of nitrogens with two attached hydrogens (primary N) is 1. The van der Waals surface area contributed by atoms with Crippen molar-refractivity contribution in [1.82, 2.24) is 4.90 Å². The normalized spacial score (nSPS) is 21.1. The first kappa shape index (κ1) is 13.4. The molecule has 1 fully saturated rings. The van der Waals surface area contributed by atoms with Gasteiger partial charge < -0.3 is 10.5 Å². The van der Waals surface area contributed by atoms with Crippen molar-refractivity contribution in [1.29, 1.82) is 0 Å². The number of hydrogen-bond donors (Lipinski definition) is 1. The zero-order valence-electron chi connectivity index (χ0n) is 11.5. The van der Waals surface area contributed by atoms with Crippen molar-refractivity contribution in [2.75, 3.05) is 32.5 Å². The molecule has 1 aromatic carbocycles. The van der Waals surface area contributed by atoms with Gasteiger partial charge in [0.25, 0.3) is 0 Å². The largest absolute Gasteiger partial charge is 0.399 e. The number of anilines is 1. The van der Waals surface area contributed by atoms with Crippen LogP contribution in [0.4, 0.5) is 5.69 Å². The standard InChI is InChI=1S/C15H24N2O/c1-12-8-13(5-6-15(12)16)9-17-7-3-4-14(10-17)11-18-2/h5-6,8,14H,3-4,7,9-11,16H2,1-2H3. The zero-order chi connectivity index (χ0) is 13.0. The summed E-state index contributed by atoms with van der Waals surface area (Å²) in [5, 5.41) is 0. The molecule has 2 N–H and O–H groups in total. The molecular weight excluding hydrogens is 224 g/mol. The predicted octanol–water partition coefficient (Wildman–Crippen LogP) is 2.44. The van der Waals surface area contributed by atoms with E-state index in [4.69, 9.17) is 10.5 Å². The Kier molecular flexibility index (Phi) is 4.61. The van der Waals surface area contributed by atoms with Crippen molar-refractivity contribution in [3.8, 4) is 0 Å². The van der Waals surface area contributed by atoms with Gasteiger partial charge in [-0.25, -0.2) is 0 Å². The number of methoxy groups -OCH3 is 1. The molecular formula is C15H24N2O. The molecule has 1 aliphatic heterocycles. The van der Waals surface area contributed by atoms with Crippen LogP contribution in [0, 0.1) is 12.8 Å². The van der Waals surface area contributed by atoms with Gasteiger partial charge in [-0.15, -0.1) is 0 Å². The average Bonchev–Trinajstić information content (AvgIpc) is 2.35. The second-order valence-electron chi connectivity index (χ2n) is 5.39. The van der Waals surface area contributed by atoms with Crippen molar-refractivity contribution >= 4 is 5.69 Å². The topological polar surface area (TPSA) is 38.5 Å². The minimum absolute atomic E-state index is 0.693. The number of nitrogens with zero attached hydrogens (tertiary/aromatic N) is 1. The third-order valence-electron chi connectivity index (χ3n) is 3.75. The van der Waals surface area contributed by atoms with Crippen molar-refractivity contribution in [2.45, 2.75) is 26.3 Å². The van der Waals surface area contributed by atoms with Crippen molar-refractivity contribution in [3.05, 3.63) is 29.3 Å². The molecule has 18 heavy (non-hydrogen) atoms. The van der Waals surface area contributed by atoms with E-state index in [0.29, 0.717) is 5.92 Å². The van der Waals surface area contributed by atoms with Crippen LogP contribution in [0.2, 0.25) is 0 Å². The van der Waals surface area contributed by atoms with Gasteiger partial charge in [0.05, 0.1) is 6.61 Å². The van der Waals surface area contributed by atoms with E-state index in [-0.39, 0.29) is 0 Å². The Hall–Kier alpha value is -1.06. The molecule has 0 spiro atoms. The highest BCUT2D eigenvalue weighted by atomic mass is 16.5. The van der Waals surface area contributed by atoms with Crippen molar-refractivity contribution < 1.29 is 4.74 Å². The zero-order valence-corrected chi connectivity index (χ0v) is 11.5. The van der Waals surface area contributed by atoms with E-state index in [1.54, 1.807) is 7.11 Å². The second kappa shape index (κ2) is 6.21. The Morgan fingerprint density at radius 2 is 2.28 bits per heavy atom. The average molecular weight is 248 g/mol. The highest BCUT2D eigenvalue weighted by Crippen LogP contribution is 2.20. The fraction of sp³-hybridized carbons (Fsp3) is 0.600. The van der Waals surface area contributed by atoms with Crippen LogP contribution >= 0.6 is 0 Å². The molecule has 1 unspecified atom stereocenters. The minimum Gasteiger partial charge on any atom is -0.399 e. The van der Waals surface area contributed by atoms with Crippen LogP contribution in [0.15, 0.2) is 18.2 Å². The molecule has 0 saturated carbocycles. The summed E-state index contributed by atoms with van der Waals surface area (Å²) in [5.74, 6) is 0.693. The Labute approximate surface area is 110 Å². The summed E-state index contributed by atoms with van der Waals surface area (Å²) in [4.78, 5) is 2.53. The summed E-state index contributed by atoms with van der Waals surface area (Å²) >= 11 is 0. The summed E-state index contributed by atoms with van der Waals surface area (Å²) in [7, 11) is 1.79. The quantitative estimate of drug-likeness (QED) is 0.832. The molecule has 0 aliphatic carbocycles. The van der Waals surface area contributed by atoms with Crippen LogP contribution in [-0.2, 0) is 11.3 Å². The van der Waals surface area contributed by atoms with Crippen molar-refractivity contribution in [2.24, 2.45) is 5.92 Å². The van der Waals surface area contributed by atoms with E-state index in [1.165, 1.54) is 30.5 Å². The van der Waals surface area contributed by atoms with Crippen LogP contribution < -0.4 is 5.73 Å². The first-order valence-corrected chi connectivity index (χ1v) is 6.75. The lowest BCUT2D eigenvalue weighted by molar-refractivity contribution is 0.0874. The van der Waals surface area contributed by atoms with Crippen LogP contribution in [0.3, 0.4) is 0 Å². The Morgan fingerprint density at radius 3 is 3.00 bits per heavy atom. The van der Waals surface area contributed by atoms with Gasteiger partial charge in [0.1, 0.15) is 0 Å². The number of likely N-dealkylation sites (tertiary alicyclic amines) is 1. The predicted molar refractivity (Wildman–Crippen MR) is 75.5 cm³/mol. The molecule has 1 saturated heterocycles. The molecule has 100 valence electrons. The fourth-order valence-corrected chi connectivity index (χ4v) is 2.76. The van der Waals surface area contributed by atoms with E-state index in [9.17, 15) is 0 Å². The Morgan fingerprint density at radius 1 is 1.44 bits per heavy atom. The molecule has 1 aromatic rings. The van der Waals surface area contributed by atoms with Gasteiger partial charge in [-0.2, -0.15) is 0 Å². The fourth-order valence-electron chi connectivity index (χ4n) is 2.76. The van der Waals surface area contributed by atoms with Gasteiger partial charge in [0.15, 0.2) is 0 Å². The third kappa shape index (κ3) is 3.47. The van der Waals surface area contributed by atoms with Gasteiger partial charge in [-0.3, -0.25) is 4.90 Å². The lowest BCUT2D eigenvalue weighted by atomic mass is 9.98.